The molecule has 1 heterocycles. The quantitative estimate of drug-likeness (QED) is 0.696. The van der Waals surface area contributed by atoms with Crippen molar-refractivity contribution in [1.29, 1.82) is 0 Å². The van der Waals surface area contributed by atoms with E-state index in [0.717, 1.165) is 0 Å². The van der Waals surface area contributed by atoms with Gasteiger partial charge < -0.3 is 10.3 Å². The van der Waals surface area contributed by atoms with Crippen molar-refractivity contribution in [2.75, 3.05) is 6.54 Å². The molecule has 0 aromatic carbocycles. The number of primary amides is 1. The molecule has 0 aliphatic heterocycles. The number of nitrogens with one attached hydrogen (secondary N) is 1. The second-order valence-electron chi connectivity index (χ2n) is 2.94. The number of rotatable bonds is 4. The van der Waals surface area contributed by atoms with E-state index in [1.54, 1.807) is 0 Å². The summed E-state index contributed by atoms with van der Waals surface area (Å²) in [6, 6.07) is 0. The molecule has 0 unspecified atom stereocenters. The lowest BCUT2D eigenvalue weighted by Gasteiger charge is -2.03. The fourth-order valence-electron chi connectivity index (χ4n) is 1.10. The third-order valence-electron chi connectivity index (χ3n) is 1.67. The summed E-state index contributed by atoms with van der Waals surface area (Å²) >= 11 is 0. The smallest absolute Gasteiger partial charge is 0.246 e. The van der Waals surface area contributed by atoms with Crippen molar-refractivity contribution in [3.63, 3.8) is 0 Å². The Morgan fingerprint density at radius 2 is 2.13 bits per heavy atom. The number of carbonyl (C=O) groups is 1. The van der Waals surface area contributed by atoms with E-state index in [1.807, 2.05) is 4.72 Å². The highest BCUT2D eigenvalue weighted by Gasteiger charge is 2.23. The average Bonchev–Trinajstić information content (AvgIpc) is 2.43. The largest absolute Gasteiger partial charge is 0.369 e. The summed E-state index contributed by atoms with van der Waals surface area (Å²) in [5.41, 5.74) is 5.06. The predicted octanol–water partition coefficient (Wildman–Crippen LogP) is -0.945. The number of nitrogens with zero attached hydrogens (tertiary/aromatic N) is 1. The lowest BCUT2D eigenvalue weighted by Crippen LogP contribution is -2.33. The Bertz CT molecular complexity index is 457. The van der Waals surface area contributed by atoms with E-state index in [-0.39, 0.29) is 16.3 Å². The van der Waals surface area contributed by atoms with E-state index in [4.69, 9.17) is 10.3 Å². The predicted molar refractivity (Wildman–Crippen MR) is 50.4 cm³/mol. The van der Waals surface area contributed by atoms with Crippen molar-refractivity contribution in [3.05, 3.63) is 11.5 Å². The summed E-state index contributed by atoms with van der Waals surface area (Å²) in [5.74, 6) is -0.588. The molecule has 0 spiro atoms. The highest BCUT2D eigenvalue weighted by atomic mass is 32.2. The summed E-state index contributed by atoms with van der Waals surface area (Å²) in [7, 11) is -3.78. The van der Waals surface area contributed by atoms with Crippen LogP contribution in [0.25, 0.3) is 0 Å². The number of amides is 1. The van der Waals surface area contributed by atoms with Crippen LogP contribution in [0.1, 0.15) is 11.5 Å². The molecule has 0 aliphatic rings. The number of aromatic nitrogens is 1. The second kappa shape index (κ2) is 3.99. The van der Waals surface area contributed by atoms with Gasteiger partial charge in [-0.1, -0.05) is 5.16 Å². The van der Waals surface area contributed by atoms with Crippen molar-refractivity contribution in [2.45, 2.75) is 18.7 Å². The summed E-state index contributed by atoms with van der Waals surface area (Å²) in [6.07, 6.45) is 0. The van der Waals surface area contributed by atoms with Gasteiger partial charge in [-0.25, -0.2) is 13.1 Å². The minimum absolute atomic E-state index is 0.0521. The maximum atomic E-state index is 11.6. The highest BCUT2D eigenvalue weighted by Crippen LogP contribution is 2.17. The van der Waals surface area contributed by atoms with Crippen LogP contribution in [0.15, 0.2) is 9.42 Å². The van der Waals surface area contributed by atoms with Crippen LogP contribution in [0.3, 0.4) is 0 Å². The summed E-state index contributed by atoms with van der Waals surface area (Å²) in [4.78, 5) is 10.4. The van der Waals surface area contributed by atoms with Crippen LogP contribution in [0.4, 0.5) is 0 Å². The van der Waals surface area contributed by atoms with Gasteiger partial charge in [-0.05, 0) is 13.8 Å². The first-order chi connectivity index (χ1) is 6.84. The molecule has 0 bridgehead atoms. The molecular weight excluding hydrogens is 222 g/mol. The minimum atomic E-state index is -3.78. The first kappa shape index (κ1) is 11.7. The van der Waals surface area contributed by atoms with Gasteiger partial charge in [-0.3, -0.25) is 4.79 Å². The number of hydrogen-bond donors (Lipinski definition) is 2. The molecule has 8 heteroatoms. The Kier molecular flexibility index (Phi) is 3.10. The zero-order valence-corrected chi connectivity index (χ0v) is 9.09. The zero-order chi connectivity index (χ0) is 11.6. The Balaban J connectivity index is 3.01. The molecule has 1 rings (SSSR count). The van der Waals surface area contributed by atoms with Crippen LogP contribution in [-0.4, -0.2) is 26.0 Å². The van der Waals surface area contributed by atoms with E-state index in [0.29, 0.717) is 0 Å². The van der Waals surface area contributed by atoms with Gasteiger partial charge in [0.15, 0.2) is 5.76 Å². The Hall–Kier alpha value is -1.41. The van der Waals surface area contributed by atoms with E-state index < -0.39 is 22.5 Å². The third-order valence-corrected chi connectivity index (χ3v) is 3.32. The molecule has 0 atom stereocenters. The lowest BCUT2D eigenvalue weighted by molar-refractivity contribution is -0.116. The number of nitrogens with two attached hydrogens (primary N) is 1. The molecule has 0 saturated carbocycles. The van der Waals surface area contributed by atoms with Crippen molar-refractivity contribution >= 4 is 15.9 Å². The van der Waals surface area contributed by atoms with Gasteiger partial charge in [0.25, 0.3) is 0 Å². The number of sulfonamides is 1. The van der Waals surface area contributed by atoms with E-state index >= 15 is 0 Å². The van der Waals surface area contributed by atoms with E-state index in [2.05, 4.69) is 5.16 Å². The third kappa shape index (κ3) is 2.54. The SMILES string of the molecule is Cc1noc(C)c1S(=O)(=O)NCC(N)=O. The molecule has 0 aliphatic carbocycles. The molecule has 0 saturated heterocycles. The van der Waals surface area contributed by atoms with Crippen LogP contribution in [0.2, 0.25) is 0 Å². The molecule has 1 aromatic heterocycles. The van der Waals surface area contributed by atoms with Gasteiger partial charge in [0.1, 0.15) is 10.6 Å². The topological polar surface area (TPSA) is 115 Å². The molecule has 0 fully saturated rings. The molecule has 15 heavy (non-hydrogen) atoms. The van der Waals surface area contributed by atoms with Gasteiger partial charge >= 0.3 is 0 Å². The molecular formula is C7H11N3O4S. The van der Waals surface area contributed by atoms with Gasteiger partial charge in [0, 0.05) is 0 Å². The van der Waals surface area contributed by atoms with E-state index in [9.17, 15) is 13.2 Å². The van der Waals surface area contributed by atoms with Gasteiger partial charge in [0.05, 0.1) is 6.54 Å². The fourth-order valence-corrected chi connectivity index (χ4v) is 2.42. The van der Waals surface area contributed by atoms with Crippen molar-refractivity contribution in [1.82, 2.24) is 9.88 Å². The summed E-state index contributed by atoms with van der Waals surface area (Å²) in [5, 5.41) is 3.50. The average molecular weight is 233 g/mol. The summed E-state index contributed by atoms with van der Waals surface area (Å²) in [6.45, 7) is 2.51. The fraction of sp³-hybridized carbons (Fsp3) is 0.429. The van der Waals surface area contributed by atoms with E-state index in [1.165, 1.54) is 13.8 Å². The molecule has 1 aromatic rings. The lowest BCUT2D eigenvalue weighted by atomic mass is 10.4. The van der Waals surface area contributed by atoms with Crippen LogP contribution >= 0.6 is 0 Å². The van der Waals surface area contributed by atoms with Crippen molar-refractivity contribution < 1.29 is 17.7 Å². The van der Waals surface area contributed by atoms with Crippen molar-refractivity contribution in [3.8, 4) is 0 Å². The summed E-state index contributed by atoms with van der Waals surface area (Å²) < 4.78 is 30.0. The van der Waals surface area contributed by atoms with Crippen LogP contribution in [0.5, 0.6) is 0 Å². The number of aryl methyl sites for hydroxylation is 2. The first-order valence-electron chi connectivity index (χ1n) is 4.05. The van der Waals surface area contributed by atoms with Crippen LogP contribution < -0.4 is 10.5 Å². The standard InChI is InChI=1S/C7H11N3O4S/c1-4-7(5(2)14-10-4)15(12,13)9-3-6(8)11/h9H,3H2,1-2H3,(H2,8,11). The molecule has 84 valence electrons. The molecule has 1 amide bonds. The van der Waals surface area contributed by atoms with Crippen molar-refractivity contribution in [2.24, 2.45) is 5.73 Å². The minimum Gasteiger partial charge on any atom is -0.369 e. The van der Waals surface area contributed by atoms with Gasteiger partial charge in [0.2, 0.25) is 15.9 Å². The Labute approximate surface area is 86.7 Å². The highest BCUT2D eigenvalue weighted by molar-refractivity contribution is 7.89. The maximum Gasteiger partial charge on any atom is 0.246 e. The Morgan fingerprint density at radius 1 is 1.53 bits per heavy atom. The monoisotopic (exact) mass is 233 g/mol. The van der Waals surface area contributed by atoms with Gasteiger partial charge in [-0.2, -0.15) is 0 Å². The number of carbonyl (C=O) groups excluding carboxylic acids is 1. The van der Waals surface area contributed by atoms with Gasteiger partial charge in [-0.15, -0.1) is 0 Å². The second-order valence-corrected chi connectivity index (χ2v) is 4.65. The maximum absolute atomic E-state index is 11.6. The zero-order valence-electron chi connectivity index (χ0n) is 8.27. The van der Waals surface area contributed by atoms with Crippen LogP contribution in [-0.2, 0) is 14.8 Å². The molecule has 0 radical (unpaired) electrons. The molecule has 7 nitrogen and oxygen atoms in total. The molecule has 3 N–H and O–H groups in total. The number of hydrogen-bond acceptors (Lipinski definition) is 5. The first-order valence-corrected chi connectivity index (χ1v) is 5.53. The normalized spacial score (nSPS) is 11.6. The van der Waals surface area contributed by atoms with Crippen LogP contribution in [0, 0.1) is 13.8 Å². The Morgan fingerprint density at radius 3 is 2.53 bits per heavy atom.